The summed E-state index contributed by atoms with van der Waals surface area (Å²) < 4.78 is 4.99. The first-order chi connectivity index (χ1) is 10.7. The first kappa shape index (κ1) is 15.9. The van der Waals surface area contributed by atoms with Gasteiger partial charge in [0, 0.05) is 12.0 Å². The topological polar surface area (TPSA) is 72.0 Å². The number of aromatic nitrogens is 2. The lowest BCUT2D eigenvalue weighted by molar-refractivity contribution is 0.0524. The van der Waals surface area contributed by atoms with E-state index in [0.29, 0.717) is 17.9 Å². The number of carbonyl (C=O) groups is 1. The molecule has 2 rings (SSSR count). The second-order valence-electron chi connectivity index (χ2n) is 4.93. The van der Waals surface area contributed by atoms with E-state index in [-0.39, 0.29) is 12.2 Å². The molecule has 0 bridgehead atoms. The van der Waals surface area contributed by atoms with Gasteiger partial charge in [-0.2, -0.15) is 0 Å². The van der Waals surface area contributed by atoms with Crippen LogP contribution in [0, 0.1) is 0 Å². The number of aromatic amines is 1. The van der Waals surface area contributed by atoms with Gasteiger partial charge in [0.05, 0.1) is 12.3 Å². The van der Waals surface area contributed by atoms with Crippen molar-refractivity contribution >= 4 is 5.97 Å². The van der Waals surface area contributed by atoms with Crippen LogP contribution in [0.5, 0.6) is 0 Å². The molecule has 0 unspecified atom stereocenters. The van der Waals surface area contributed by atoms with Crippen molar-refractivity contribution in [3.63, 3.8) is 0 Å². The first-order valence-electron chi connectivity index (χ1n) is 7.53. The van der Waals surface area contributed by atoms with Gasteiger partial charge >= 0.3 is 5.97 Å². The number of carbonyl (C=O) groups excluding carboxylic acids is 1. The second-order valence-corrected chi connectivity index (χ2v) is 4.93. The molecule has 0 radical (unpaired) electrons. The molecule has 0 aliphatic heterocycles. The third kappa shape index (κ3) is 3.61. The summed E-state index contributed by atoms with van der Waals surface area (Å²) in [5, 5.41) is 0. The number of ether oxygens (including phenoxy) is 1. The van der Waals surface area contributed by atoms with Crippen LogP contribution < -0.4 is 5.56 Å². The van der Waals surface area contributed by atoms with Gasteiger partial charge in [-0.1, -0.05) is 43.7 Å². The highest BCUT2D eigenvalue weighted by Crippen LogP contribution is 2.20. The van der Waals surface area contributed by atoms with Crippen LogP contribution in [0.3, 0.4) is 0 Å². The maximum Gasteiger partial charge on any atom is 0.346 e. The van der Waals surface area contributed by atoms with Gasteiger partial charge in [-0.3, -0.25) is 4.79 Å². The van der Waals surface area contributed by atoms with Crippen LogP contribution in [0.25, 0.3) is 11.3 Å². The van der Waals surface area contributed by atoms with Crippen molar-refractivity contribution in [3.8, 4) is 11.3 Å². The number of benzene rings is 1. The Morgan fingerprint density at radius 2 is 1.95 bits per heavy atom. The lowest BCUT2D eigenvalue weighted by Crippen LogP contribution is -2.24. The quantitative estimate of drug-likeness (QED) is 0.832. The van der Waals surface area contributed by atoms with Crippen molar-refractivity contribution in [2.75, 3.05) is 6.61 Å². The molecule has 0 saturated carbocycles. The van der Waals surface area contributed by atoms with Crippen molar-refractivity contribution in [1.82, 2.24) is 9.97 Å². The van der Waals surface area contributed by atoms with Crippen molar-refractivity contribution in [2.45, 2.75) is 33.1 Å². The van der Waals surface area contributed by atoms with Crippen molar-refractivity contribution < 1.29 is 9.53 Å². The molecule has 1 aromatic carbocycles. The Morgan fingerprint density at radius 1 is 1.23 bits per heavy atom. The molecule has 116 valence electrons. The number of nitrogens with one attached hydrogen (secondary N) is 1. The van der Waals surface area contributed by atoms with E-state index in [1.807, 2.05) is 30.3 Å². The van der Waals surface area contributed by atoms with E-state index in [4.69, 9.17) is 4.74 Å². The summed E-state index contributed by atoms with van der Waals surface area (Å²) in [5.74, 6) is -0.0455. The molecule has 1 aromatic heterocycles. The van der Waals surface area contributed by atoms with Crippen LogP contribution in [-0.4, -0.2) is 22.5 Å². The van der Waals surface area contributed by atoms with E-state index < -0.39 is 11.5 Å². The van der Waals surface area contributed by atoms with Gasteiger partial charge in [0.25, 0.3) is 5.56 Å². The lowest BCUT2D eigenvalue weighted by Gasteiger charge is -2.10. The van der Waals surface area contributed by atoms with Gasteiger partial charge in [0.1, 0.15) is 5.82 Å². The number of H-pyrrole nitrogens is 1. The van der Waals surface area contributed by atoms with E-state index in [9.17, 15) is 9.59 Å². The number of hydrogen-bond acceptors (Lipinski definition) is 4. The van der Waals surface area contributed by atoms with E-state index in [1.165, 1.54) is 0 Å². The highest BCUT2D eigenvalue weighted by atomic mass is 16.5. The molecular formula is C17H20N2O3. The molecule has 0 aliphatic carbocycles. The second kappa shape index (κ2) is 7.54. The van der Waals surface area contributed by atoms with Crippen molar-refractivity contribution in [1.29, 1.82) is 0 Å². The summed E-state index contributed by atoms with van der Waals surface area (Å²) in [6.45, 7) is 3.99. The summed E-state index contributed by atoms with van der Waals surface area (Å²) in [6.07, 6.45) is 2.61. The number of nitrogens with zero attached hydrogens (tertiary/aromatic N) is 1. The Labute approximate surface area is 129 Å². The Kier molecular flexibility index (Phi) is 5.47. The molecular weight excluding hydrogens is 280 g/mol. The fourth-order valence-electron chi connectivity index (χ4n) is 2.18. The van der Waals surface area contributed by atoms with Gasteiger partial charge in [0.2, 0.25) is 0 Å². The van der Waals surface area contributed by atoms with E-state index in [0.717, 1.165) is 18.4 Å². The molecule has 0 amide bonds. The Bertz CT molecular complexity index is 693. The predicted molar refractivity (Wildman–Crippen MR) is 84.9 cm³/mol. The van der Waals surface area contributed by atoms with Gasteiger partial charge in [-0.15, -0.1) is 0 Å². The normalized spacial score (nSPS) is 10.5. The average molecular weight is 300 g/mol. The summed E-state index contributed by atoms with van der Waals surface area (Å²) in [4.78, 5) is 31.6. The van der Waals surface area contributed by atoms with Gasteiger partial charge in [-0.25, -0.2) is 9.78 Å². The molecule has 0 spiro atoms. The minimum atomic E-state index is -0.642. The van der Waals surface area contributed by atoms with E-state index in [2.05, 4.69) is 16.9 Å². The highest BCUT2D eigenvalue weighted by molar-refractivity contribution is 5.95. The zero-order valence-electron chi connectivity index (χ0n) is 12.9. The number of hydrogen-bond donors (Lipinski definition) is 1. The van der Waals surface area contributed by atoms with Crippen LogP contribution in [0.2, 0.25) is 0 Å². The molecule has 2 aromatic rings. The molecule has 5 nitrogen and oxygen atoms in total. The summed E-state index contributed by atoms with van der Waals surface area (Å²) >= 11 is 0. The monoisotopic (exact) mass is 300 g/mol. The standard InChI is InChI=1S/C17H20N2O3/c1-3-5-11-13-18-15(12-9-7-6-8-10-12)14(16(20)19-13)17(21)22-4-2/h6-10H,3-5,11H2,1-2H3,(H,18,19,20). The predicted octanol–water partition coefficient (Wildman–Crippen LogP) is 2.96. The van der Waals surface area contributed by atoms with Crippen LogP contribution in [0.1, 0.15) is 42.9 Å². The minimum Gasteiger partial charge on any atom is -0.462 e. The molecule has 0 saturated heterocycles. The zero-order chi connectivity index (χ0) is 15.9. The maximum atomic E-state index is 12.3. The SMILES string of the molecule is CCCCc1nc(-c2ccccc2)c(C(=O)OCC)c(=O)[nH]1. The Morgan fingerprint density at radius 3 is 2.59 bits per heavy atom. The fourth-order valence-corrected chi connectivity index (χ4v) is 2.18. The maximum absolute atomic E-state index is 12.3. The van der Waals surface area contributed by atoms with E-state index in [1.54, 1.807) is 6.92 Å². The van der Waals surface area contributed by atoms with Crippen LogP contribution >= 0.6 is 0 Å². The summed E-state index contributed by atoms with van der Waals surface area (Å²) in [6, 6.07) is 9.22. The van der Waals surface area contributed by atoms with Crippen LogP contribution in [0.4, 0.5) is 0 Å². The number of aryl methyl sites for hydroxylation is 1. The Balaban J connectivity index is 2.56. The molecule has 1 N–H and O–H groups in total. The van der Waals surface area contributed by atoms with Gasteiger partial charge < -0.3 is 9.72 Å². The van der Waals surface area contributed by atoms with Crippen molar-refractivity contribution in [2.24, 2.45) is 0 Å². The van der Waals surface area contributed by atoms with E-state index >= 15 is 0 Å². The molecule has 22 heavy (non-hydrogen) atoms. The smallest absolute Gasteiger partial charge is 0.346 e. The average Bonchev–Trinajstić information content (AvgIpc) is 2.53. The fraction of sp³-hybridized carbons (Fsp3) is 0.353. The number of unbranched alkanes of at least 4 members (excludes halogenated alkanes) is 1. The Hall–Kier alpha value is -2.43. The zero-order valence-corrected chi connectivity index (χ0v) is 12.9. The molecule has 0 fully saturated rings. The lowest BCUT2D eigenvalue weighted by atomic mass is 10.1. The molecule has 0 aliphatic rings. The van der Waals surface area contributed by atoms with Crippen LogP contribution in [-0.2, 0) is 11.2 Å². The first-order valence-corrected chi connectivity index (χ1v) is 7.53. The number of esters is 1. The van der Waals surface area contributed by atoms with Crippen LogP contribution in [0.15, 0.2) is 35.1 Å². The number of rotatable bonds is 6. The highest BCUT2D eigenvalue weighted by Gasteiger charge is 2.21. The van der Waals surface area contributed by atoms with Gasteiger partial charge in [-0.05, 0) is 13.3 Å². The van der Waals surface area contributed by atoms with Crippen molar-refractivity contribution in [3.05, 3.63) is 52.1 Å². The van der Waals surface area contributed by atoms with Gasteiger partial charge in [0.15, 0.2) is 5.56 Å². The molecule has 1 heterocycles. The third-order valence-electron chi connectivity index (χ3n) is 3.26. The minimum absolute atomic E-state index is 0.0340. The summed E-state index contributed by atoms with van der Waals surface area (Å²) in [5.41, 5.74) is 0.634. The third-order valence-corrected chi connectivity index (χ3v) is 3.26. The molecule has 0 atom stereocenters. The molecule has 5 heteroatoms. The largest absolute Gasteiger partial charge is 0.462 e. The summed E-state index contributed by atoms with van der Waals surface area (Å²) in [7, 11) is 0.